The molecule has 0 bridgehead atoms. The molecular weight excluding hydrogens is 426 g/mol. The Morgan fingerprint density at radius 1 is 1.12 bits per heavy atom. The van der Waals surface area contributed by atoms with Crippen LogP contribution in [0.3, 0.4) is 0 Å². The highest BCUT2D eigenvalue weighted by Crippen LogP contribution is 2.28. The van der Waals surface area contributed by atoms with Crippen LogP contribution >= 0.6 is 0 Å². The van der Waals surface area contributed by atoms with E-state index in [2.05, 4.69) is 37.5 Å². The number of nitrogens with zero attached hydrogens (tertiary/aromatic N) is 9. The van der Waals surface area contributed by atoms with Gasteiger partial charge in [0, 0.05) is 25.2 Å². The number of ether oxygens (including phenoxy) is 2. The molecule has 1 aliphatic heterocycles. The second-order valence-electron chi connectivity index (χ2n) is 8.11. The standard InChI is InChI=1S/C21H21N9O3/c1-12-6-16(27-33-12)20-24-23-19-7-18(31-3)21(26-30(19)20)32-11-13-4-5-15-17(22-13)10-29(25-15)14-8-28(2)9-14/h4-7,10,14H,8-9,11H2,1-3H3. The predicted octanol–water partition coefficient (Wildman–Crippen LogP) is 1.91. The summed E-state index contributed by atoms with van der Waals surface area (Å²) in [5, 5.41) is 21.5. The number of likely N-dealkylation sites (N-methyl/N-ethyl adjacent to an activating group) is 1. The summed E-state index contributed by atoms with van der Waals surface area (Å²) in [4.78, 5) is 6.96. The fraction of sp³-hybridized carbons (Fsp3) is 0.333. The molecule has 1 aliphatic rings. The van der Waals surface area contributed by atoms with Crippen LogP contribution in [0.5, 0.6) is 11.6 Å². The molecule has 6 heterocycles. The van der Waals surface area contributed by atoms with E-state index in [1.54, 1.807) is 23.8 Å². The third-order valence-electron chi connectivity index (χ3n) is 5.62. The van der Waals surface area contributed by atoms with Crippen LogP contribution in [0.25, 0.3) is 28.2 Å². The van der Waals surface area contributed by atoms with E-state index < -0.39 is 0 Å². The van der Waals surface area contributed by atoms with E-state index in [9.17, 15) is 0 Å². The van der Waals surface area contributed by atoms with Gasteiger partial charge in [-0.2, -0.15) is 9.61 Å². The molecule has 0 N–H and O–H groups in total. The zero-order valence-electron chi connectivity index (χ0n) is 18.3. The van der Waals surface area contributed by atoms with Gasteiger partial charge in [0.05, 0.1) is 25.0 Å². The van der Waals surface area contributed by atoms with E-state index in [-0.39, 0.29) is 6.61 Å². The van der Waals surface area contributed by atoms with Gasteiger partial charge in [0.1, 0.15) is 23.4 Å². The number of pyridine rings is 1. The van der Waals surface area contributed by atoms with Crippen molar-refractivity contribution in [3.8, 4) is 23.1 Å². The van der Waals surface area contributed by atoms with Crippen LogP contribution in [-0.2, 0) is 6.61 Å². The molecule has 12 heteroatoms. The minimum absolute atomic E-state index is 0.211. The third kappa shape index (κ3) is 3.44. The number of hydrogen-bond donors (Lipinski definition) is 0. The molecule has 0 saturated carbocycles. The molecule has 0 amide bonds. The smallest absolute Gasteiger partial charge is 0.275 e. The van der Waals surface area contributed by atoms with Gasteiger partial charge in [0.25, 0.3) is 5.88 Å². The molecule has 0 unspecified atom stereocenters. The Morgan fingerprint density at radius 2 is 2.00 bits per heavy atom. The summed E-state index contributed by atoms with van der Waals surface area (Å²) in [5.41, 5.74) is 3.49. The zero-order valence-corrected chi connectivity index (χ0v) is 18.3. The van der Waals surface area contributed by atoms with E-state index in [4.69, 9.17) is 19.0 Å². The largest absolute Gasteiger partial charge is 0.491 e. The van der Waals surface area contributed by atoms with Crippen molar-refractivity contribution in [2.24, 2.45) is 0 Å². The Labute approximate surface area is 187 Å². The third-order valence-corrected chi connectivity index (χ3v) is 5.62. The minimum atomic E-state index is 0.211. The van der Waals surface area contributed by atoms with Crippen LogP contribution < -0.4 is 9.47 Å². The number of hydrogen-bond acceptors (Lipinski definition) is 10. The molecule has 6 rings (SSSR count). The molecule has 5 aromatic rings. The van der Waals surface area contributed by atoms with E-state index in [1.807, 2.05) is 29.9 Å². The Morgan fingerprint density at radius 3 is 2.76 bits per heavy atom. The lowest BCUT2D eigenvalue weighted by atomic mass is 10.1. The van der Waals surface area contributed by atoms with Crippen molar-refractivity contribution in [2.45, 2.75) is 19.6 Å². The monoisotopic (exact) mass is 447 g/mol. The highest BCUT2D eigenvalue weighted by Gasteiger charge is 2.26. The number of likely N-dealkylation sites (tertiary alicyclic amines) is 1. The SMILES string of the molecule is COc1cc2nnc(-c3cc(C)on3)n2nc1OCc1ccc2nn(C3CN(C)C3)cc2n1. The molecule has 0 radical (unpaired) electrons. The first-order chi connectivity index (χ1) is 16.1. The second kappa shape index (κ2) is 7.52. The lowest BCUT2D eigenvalue weighted by Gasteiger charge is -2.35. The van der Waals surface area contributed by atoms with Crippen LogP contribution in [0.1, 0.15) is 17.5 Å². The summed E-state index contributed by atoms with van der Waals surface area (Å²) in [7, 11) is 3.65. The number of methoxy groups -OCH3 is 1. The van der Waals surface area contributed by atoms with Crippen LogP contribution in [0.2, 0.25) is 0 Å². The lowest BCUT2D eigenvalue weighted by molar-refractivity contribution is 0.131. The highest BCUT2D eigenvalue weighted by atomic mass is 16.5. The normalized spacial score (nSPS) is 14.8. The summed E-state index contributed by atoms with van der Waals surface area (Å²) >= 11 is 0. The average Bonchev–Trinajstić information content (AvgIpc) is 3.51. The van der Waals surface area contributed by atoms with Crippen LogP contribution in [0, 0.1) is 6.92 Å². The molecule has 0 spiro atoms. The summed E-state index contributed by atoms with van der Waals surface area (Å²) < 4.78 is 20.1. The lowest BCUT2D eigenvalue weighted by Crippen LogP contribution is -2.45. The van der Waals surface area contributed by atoms with Gasteiger partial charge in [0.2, 0.25) is 5.82 Å². The van der Waals surface area contributed by atoms with Crippen molar-refractivity contribution < 1.29 is 14.0 Å². The number of fused-ring (bicyclic) bond motifs is 2. The Bertz CT molecular complexity index is 1460. The summed E-state index contributed by atoms with van der Waals surface area (Å²) in [6.07, 6.45) is 1.99. The molecule has 0 aliphatic carbocycles. The highest BCUT2D eigenvalue weighted by molar-refractivity contribution is 5.73. The summed E-state index contributed by atoms with van der Waals surface area (Å²) in [5.74, 6) is 1.85. The average molecular weight is 447 g/mol. The van der Waals surface area contributed by atoms with Crippen molar-refractivity contribution in [3.63, 3.8) is 0 Å². The summed E-state index contributed by atoms with van der Waals surface area (Å²) in [6.45, 7) is 4.01. The van der Waals surface area contributed by atoms with Crippen molar-refractivity contribution in [2.75, 3.05) is 27.2 Å². The minimum Gasteiger partial charge on any atom is -0.491 e. The van der Waals surface area contributed by atoms with E-state index in [0.717, 1.165) is 29.8 Å². The Kier molecular flexibility index (Phi) is 4.47. The molecule has 33 heavy (non-hydrogen) atoms. The molecular formula is C21H21N9O3. The molecule has 0 atom stereocenters. The van der Waals surface area contributed by atoms with Gasteiger partial charge in [-0.1, -0.05) is 5.16 Å². The van der Waals surface area contributed by atoms with E-state index >= 15 is 0 Å². The molecule has 1 fully saturated rings. The fourth-order valence-electron chi connectivity index (χ4n) is 3.89. The van der Waals surface area contributed by atoms with Crippen LogP contribution in [0.4, 0.5) is 0 Å². The molecule has 1 saturated heterocycles. The van der Waals surface area contributed by atoms with Crippen molar-refractivity contribution in [1.29, 1.82) is 0 Å². The van der Waals surface area contributed by atoms with Crippen LogP contribution in [-0.4, -0.2) is 71.9 Å². The predicted molar refractivity (Wildman–Crippen MR) is 116 cm³/mol. The molecule has 12 nitrogen and oxygen atoms in total. The zero-order chi connectivity index (χ0) is 22.5. The van der Waals surface area contributed by atoms with E-state index in [1.165, 1.54) is 0 Å². The van der Waals surface area contributed by atoms with Crippen molar-refractivity contribution in [3.05, 3.63) is 41.9 Å². The van der Waals surface area contributed by atoms with Crippen LogP contribution in [0.15, 0.2) is 35.0 Å². The maximum Gasteiger partial charge on any atom is 0.275 e. The molecule has 0 aromatic carbocycles. The van der Waals surface area contributed by atoms with Gasteiger partial charge in [0.15, 0.2) is 17.1 Å². The van der Waals surface area contributed by atoms with Gasteiger partial charge in [-0.25, -0.2) is 4.98 Å². The maximum absolute atomic E-state index is 5.98. The maximum atomic E-state index is 5.98. The second-order valence-corrected chi connectivity index (χ2v) is 8.11. The van der Waals surface area contributed by atoms with E-state index in [0.29, 0.717) is 40.6 Å². The van der Waals surface area contributed by atoms with Gasteiger partial charge >= 0.3 is 0 Å². The number of aromatic nitrogens is 8. The molecule has 168 valence electrons. The fourth-order valence-corrected chi connectivity index (χ4v) is 3.89. The van der Waals surface area contributed by atoms with Gasteiger partial charge < -0.3 is 18.9 Å². The number of aryl methyl sites for hydroxylation is 1. The summed E-state index contributed by atoms with van der Waals surface area (Å²) in [6, 6.07) is 7.74. The Hall–Kier alpha value is -4.06. The first-order valence-electron chi connectivity index (χ1n) is 10.5. The van der Waals surface area contributed by atoms with Gasteiger partial charge in [-0.3, -0.25) is 4.68 Å². The quantitative estimate of drug-likeness (QED) is 0.381. The topological polar surface area (TPSA) is 122 Å². The Balaban J connectivity index is 1.27. The first-order valence-corrected chi connectivity index (χ1v) is 10.5. The van der Waals surface area contributed by atoms with Crippen molar-refractivity contribution in [1.82, 2.24) is 44.6 Å². The van der Waals surface area contributed by atoms with Gasteiger partial charge in [-0.05, 0) is 26.1 Å². The van der Waals surface area contributed by atoms with Gasteiger partial charge in [-0.15, -0.1) is 15.3 Å². The first kappa shape index (κ1) is 19.6. The number of rotatable bonds is 6. The van der Waals surface area contributed by atoms with Crippen molar-refractivity contribution >= 4 is 16.7 Å². The molecule has 5 aromatic heterocycles.